The monoisotopic (exact) mass is 376 g/mol. The third-order valence-electron chi connectivity index (χ3n) is 3.82. The zero-order valence-corrected chi connectivity index (χ0v) is 16.5. The zero-order valence-electron chi connectivity index (χ0n) is 16.5. The average Bonchev–Trinajstić information content (AvgIpc) is 2.67. The molecule has 0 radical (unpaired) electrons. The van der Waals surface area contributed by atoms with Crippen LogP contribution in [0, 0.1) is 0 Å². The van der Waals surface area contributed by atoms with E-state index in [0.717, 1.165) is 5.56 Å². The molecule has 0 unspecified atom stereocenters. The van der Waals surface area contributed by atoms with E-state index in [2.05, 4.69) is 20.6 Å². The number of carbonyl (C=O) groups excluding carboxylic acids is 1. The molecule has 0 atom stereocenters. The lowest BCUT2D eigenvalue weighted by atomic mass is 10.1. The molecule has 0 saturated carbocycles. The van der Waals surface area contributed by atoms with Crippen LogP contribution in [-0.2, 0) is 0 Å². The van der Waals surface area contributed by atoms with Gasteiger partial charge in [-0.1, -0.05) is 36.4 Å². The second-order valence-corrected chi connectivity index (χ2v) is 7.39. The van der Waals surface area contributed by atoms with Gasteiger partial charge in [0.05, 0.1) is 7.11 Å². The number of hydrogen-bond acceptors (Lipinski definition) is 5. The molecular weight excluding hydrogens is 352 g/mol. The van der Waals surface area contributed by atoms with E-state index in [1.807, 2.05) is 63.2 Å². The van der Waals surface area contributed by atoms with Crippen molar-refractivity contribution in [2.24, 2.45) is 0 Å². The maximum absolute atomic E-state index is 12.8. The summed E-state index contributed by atoms with van der Waals surface area (Å²) in [4.78, 5) is 21.9. The summed E-state index contributed by atoms with van der Waals surface area (Å²) < 4.78 is 5.21. The van der Waals surface area contributed by atoms with Crippen LogP contribution in [0.2, 0.25) is 0 Å². The van der Waals surface area contributed by atoms with Crippen molar-refractivity contribution >= 4 is 17.4 Å². The summed E-state index contributed by atoms with van der Waals surface area (Å²) in [5, 5.41) is 6.18. The number of aromatic nitrogens is 2. The number of hydrogen-bond donors (Lipinski definition) is 2. The molecule has 0 spiro atoms. The van der Waals surface area contributed by atoms with Gasteiger partial charge in [-0.2, -0.15) is 0 Å². The predicted octanol–water partition coefficient (Wildman–Crippen LogP) is 4.61. The quantitative estimate of drug-likeness (QED) is 0.680. The molecule has 6 nitrogen and oxygen atoms in total. The maximum atomic E-state index is 12.8. The molecule has 1 amide bonds. The van der Waals surface area contributed by atoms with Crippen LogP contribution in [-0.4, -0.2) is 28.5 Å². The molecule has 3 rings (SSSR count). The number of rotatable bonds is 5. The molecule has 0 fully saturated rings. The van der Waals surface area contributed by atoms with Crippen molar-refractivity contribution in [1.29, 1.82) is 0 Å². The Labute approximate surface area is 165 Å². The lowest BCUT2D eigenvalue weighted by Crippen LogP contribution is -2.27. The molecule has 0 bridgehead atoms. The number of amides is 1. The molecule has 2 aromatic carbocycles. The van der Waals surface area contributed by atoms with Crippen LogP contribution in [0.1, 0.15) is 31.3 Å². The first kappa shape index (κ1) is 19.4. The topological polar surface area (TPSA) is 76.1 Å². The Balaban J connectivity index is 1.96. The van der Waals surface area contributed by atoms with Crippen molar-refractivity contribution in [3.8, 4) is 17.1 Å². The first-order chi connectivity index (χ1) is 13.3. The van der Waals surface area contributed by atoms with Crippen molar-refractivity contribution < 1.29 is 9.53 Å². The smallest absolute Gasteiger partial charge is 0.274 e. The minimum atomic E-state index is -0.315. The zero-order chi connectivity index (χ0) is 20.1. The first-order valence-electron chi connectivity index (χ1n) is 9.02. The molecule has 0 saturated heterocycles. The van der Waals surface area contributed by atoms with Gasteiger partial charge >= 0.3 is 0 Å². The molecule has 0 aliphatic heterocycles. The fourth-order valence-electron chi connectivity index (χ4n) is 2.62. The number of nitrogens with one attached hydrogen (secondary N) is 2. The minimum absolute atomic E-state index is 0.206. The summed E-state index contributed by atoms with van der Waals surface area (Å²) in [5.74, 6) is 1.44. The van der Waals surface area contributed by atoms with E-state index in [4.69, 9.17) is 4.74 Å². The highest BCUT2D eigenvalue weighted by molar-refractivity contribution is 6.03. The molecule has 2 N–H and O–H groups in total. The van der Waals surface area contributed by atoms with Crippen molar-refractivity contribution in [1.82, 2.24) is 9.97 Å². The number of nitrogens with zero attached hydrogens (tertiary/aromatic N) is 2. The van der Waals surface area contributed by atoms with Crippen molar-refractivity contribution in [2.75, 3.05) is 17.7 Å². The van der Waals surface area contributed by atoms with Crippen molar-refractivity contribution in [2.45, 2.75) is 26.3 Å². The van der Waals surface area contributed by atoms with Crippen LogP contribution in [0.15, 0.2) is 60.7 Å². The molecule has 1 heterocycles. The van der Waals surface area contributed by atoms with E-state index in [9.17, 15) is 4.79 Å². The Morgan fingerprint density at radius 3 is 2.39 bits per heavy atom. The Bertz CT molecular complexity index is 966. The molecular formula is C22H24N4O2. The van der Waals surface area contributed by atoms with Crippen LogP contribution in [0.25, 0.3) is 11.4 Å². The van der Waals surface area contributed by atoms with Crippen LogP contribution in [0.5, 0.6) is 5.75 Å². The Kier molecular flexibility index (Phi) is 5.59. The van der Waals surface area contributed by atoms with E-state index in [1.165, 1.54) is 0 Å². The highest BCUT2D eigenvalue weighted by atomic mass is 16.5. The van der Waals surface area contributed by atoms with Gasteiger partial charge in [0, 0.05) is 28.9 Å². The van der Waals surface area contributed by atoms with Gasteiger partial charge in [0.1, 0.15) is 17.3 Å². The molecule has 6 heteroatoms. The maximum Gasteiger partial charge on any atom is 0.274 e. The van der Waals surface area contributed by atoms with Crippen LogP contribution in [0.3, 0.4) is 0 Å². The lowest BCUT2D eigenvalue weighted by Gasteiger charge is -2.22. The van der Waals surface area contributed by atoms with E-state index in [-0.39, 0.29) is 17.1 Å². The molecule has 0 aliphatic carbocycles. The van der Waals surface area contributed by atoms with E-state index in [1.54, 1.807) is 25.3 Å². The van der Waals surface area contributed by atoms with Gasteiger partial charge in [-0.15, -0.1) is 0 Å². The molecule has 1 aromatic heterocycles. The normalized spacial score (nSPS) is 11.0. The SMILES string of the molecule is COc1cccc(NC(=O)c2cc(NC(C)(C)C)nc(-c3ccccc3)n2)c1. The first-order valence-corrected chi connectivity index (χ1v) is 9.02. The molecule has 3 aromatic rings. The largest absolute Gasteiger partial charge is 0.497 e. The van der Waals surface area contributed by atoms with Gasteiger partial charge in [-0.25, -0.2) is 9.97 Å². The predicted molar refractivity (Wildman–Crippen MR) is 112 cm³/mol. The highest BCUT2D eigenvalue weighted by Gasteiger charge is 2.17. The Morgan fingerprint density at radius 1 is 0.964 bits per heavy atom. The third kappa shape index (κ3) is 5.07. The fraction of sp³-hybridized carbons (Fsp3) is 0.227. The molecule has 0 aliphatic rings. The van der Waals surface area contributed by atoms with Gasteiger partial charge in [0.25, 0.3) is 5.91 Å². The highest BCUT2D eigenvalue weighted by Crippen LogP contribution is 2.22. The van der Waals surface area contributed by atoms with E-state index < -0.39 is 0 Å². The fourth-order valence-corrected chi connectivity index (χ4v) is 2.62. The van der Waals surface area contributed by atoms with Gasteiger partial charge in [0.15, 0.2) is 5.82 Å². The minimum Gasteiger partial charge on any atom is -0.497 e. The average molecular weight is 376 g/mol. The Morgan fingerprint density at radius 2 is 1.71 bits per heavy atom. The second kappa shape index (κ2) is 8.08. The van der Waals surface area contributed by atoms with Crippen molar-refractivity contribution in [3.63, 3.8) is 0 Å². The second-order valence-electron chi connectivity index (χ2n) is 7.39. The van der Waals surface area contributed by atoms with Gasteiger partial charge in [-0.05, 0) is 32.9 Å². The number of methoxy groups -OCH3 is 1. The van der Waals surface area contributed by atoms with Gasteiger partial charge in [-0.3, -0.25) is 4.79 Å². The van der Waals surface area contributed by atoms with E-state index >= 15 is 0 Å². The lowest BCUT2D eigenvalue weighted by molar-refractivity contribution is 0.102. The summed E-state index contributed by atoms with van der Waals surface area (Å²) in [6.07, 6.45) is 0. The summed E-state index contributed by atoms with van der Waals surface area (Å²) in [6, 6.07) is 18.4. The third-order valence-corrected chi connectivity index (χ3v) is 3.82. The molecule has 144 valence electrons. The van der Waals surface area contributed by atoms with Crippen LogP contribution < -0.4 is 15.4 Å². The summed E-state index contributed by atoms with van der Waals surface area (Å²) >= 11 is 0. The number of benzene rings is 2. The summed E-state index contributed by atoms with van der Waals surface area (Å²) in [7, 11) is 1.59. The number of carbonyl (C=O) groups is 1. The molecule has 28 heavy (non-hydrogen) atoms. The van der Waals surface area contributed by atoms with Crippen LogP contribution in [0.4, 0.5) is 11.5 Å². The van der Waals surface area contributed by atoms with Crippen molar-refractivity contribution in [3.05, 3.63) is 66.4 Å². The Hall–Kier alpha value is -3.41. The summed E-state index contributed by atoms with van der Waals surface area (Å²) in [6.45, 7) is 6.11. The van der Waals surface area contributed by atoms with Gasteiger partial charge in [0.2, 0.25) is 0 Å². The standard InChI is InChI=1S/C22H24N4O2/c1-22(2,3)26-19-14-18(24-20(25-19)15-9-6-5-7-10-15)21(27)23-16-11-8-12-17(13-16)28-4/h5-14H,1-4H3,(H,23,27)(H,24,25,26). The number of anilines is 2. The van der Waals surface area contributed by atoms with Crippen LogP contribution >= 0.6 is 0 Å². The van der Waals surface area contributed by atoms with E-state index in [0.29, 0.717) is 23.1 Å². The van der Waals surface area contributed by atoms with Gasteiger partial charge < -0.3 is 15.4 Å². The summed E-state index contributed by atoms with van der Waals surface area (Å²) in [5.41, 5.74) is 1.55. The number of ether oxygens (including phenoxy) is 1.